The number of rotatable bonds is 2. The lowest BCUT2D eigenvalue weighted by atomic mass is 9.88. The van der Waals surface area contributed by atoms with Crippen molar-refractivity contribution in [3.63, 3.8) is 0 Å². The summed E-state index contributed by atoms with van der Waals surface area (Å²) in [4.78, 5) is 25.7. The topological polar surface area (TPSA) is 37.4 Å². The van der Waals surface area contributed by atoms with Crippen LogP contribution in [-0.4, -0.2) is 35.6 Å². The number of ketones is 2. The smallest absolute Gasteiger partial charge is 0.149 e. The summed E-state index contributed by atoms with van der Waals surface area (Å²) in [7, 11) is 0. The van der Waals surface area contributed by atoms with Gasteiger partial charge in [0, 0.05) is 31.8 Å². The first-order valence-corrected chi connectivity index (χ1v) is 6.52. The molecule has 1 aliphatic heterocycles. The van der Waals surface area contributed by atoms with Gasteiger partial charge in [-0.25, -0.2) is 0 Å². The number of likely N-dealkylation sites (tertiary alicyclic amines) is 1. The first-order valence-electron chi connectivity index (χ1n) is 6.52. The van der Waals surface area contributed by atoms with Crippen molar-refractivity contribution in [1.82, 2.24) is 4.90 Å². The predicted octanol–water partition coefficient (Wildman–Crippen LogP) is 1.80. The lowest BCUT2D eigenvalue weighted by molar-refractivity contribution is -0.133. The molecule has 0 N–H and O–H groups in total. The summed E-state index contributed by atoms with van der Waals surface area (Å²) in [5.41, 5.74) is 0. The first kappa shape index (κ1) is 11.8. The van der Waals surface area contributed by atoms with Crippen molar-refractivity contribution < 1.29 is 9.59 Å². The monoisotopic (exact) mass is 223 g/mol. The molecule has 0 radical (unpaired) electrons. The van der Waals surface area contributed by atoms with Crippen LogP contribution in [0.25, 0.3) is 0 Å². The van der Waals surface area contributed by atoms with Gasteiger partial charge in [-0.3, -0.25) is 14.5 Å². The van der Waals surface area contributed by atoms with Gasteiger partial charge in [0.05, 0.1) is 6.04 Å². The zero-order valence-electron chi connectivity index (χ0n) is 10.1. The van der Waals surface area contributed by atoms with Crippen LogP contribution in [0.3, 0.4) is 0 Å². The fraction of sp³-hybridized carbons (Fsp3) is 0.846. The van der Waals surface area contributed by atoms with E-state index in [0.717, 1.165) is 45.2 Å². The van der Waals surface area contributed by atoms with E-state index in [-0.39, 0.29) is 12.0 Å². The highest BCUT2D eigenvalue weighted by Gasteiger charge is 2.34. The van der Waals surface area contributed by atoms with Gasteiger partial charge in [0.1, 0.15) is 11.6 Å². The molecule has 1 saturated carbocycles. The van der Waals surface area contributed by atoms with Gasteiger partial charge >= 0.3 is 0 Å². The van der Waals surface area contributed by atoms with E-state index in [1.54, 1.807) is 0 Å². The molecule has 2 aliphatic rings. The second kappa shape index (κ2) is 5.09. The van der Waals surface area contributed by atoms with Gasteiger partial charge in [-0.2, -0.15) is 0 Å². The van der Waals surface area contributed by atoms with E-state index in [2.05, 4.69) is 11.8 Å². The van der Waals surface area contributed by atoms with Crippen molar-refractivity contribution in [2.24, 2.45) is 5.92 Å². The van der Waals surface area contributed by atoms with Crippen LogP contribution >= 0.6 is 0 Å². The van der Waals surface area contributed by atoms with Crippen molar-refractivity contribution >= 4 is 11.6 Å². The van der Waals surface area contributed by atoms with Crippen molar-refractivity contribution in [3.8, 4) is 0 Å². The van der Waals surface area contributed by atoms with Gasteiger partial charge in [-0.05, 0) is 19.3 Å². The van der Waals surface area contributed by atoms with E-state index in [1.807, 2.05) is 0 Å². The lowest BCUT2D eigenvalue weighted by Crippen LogP contribution is -2.50. The molecule has 1 aliphatic carbocycles. The Morgan fingerprint density at radius 3 is 2.69 bits per heavy atom. The normalized spacial score (nSPS) is 33.1. The molecule has 0 amide bonds. The molecule has 1 saturated heterocycles. The Hall–Kier alpha value is -0.700. The summed E-state index contributed by atoms with van der Waals surface area (Å²) in [6.45, 7) is 3.67. The number of nitrogens with zero attached hydrogens (tertiary/aromatic N) is 1. The molecule has 16 heavy (non-hydrogen) atoms. The lowest BCUT2D eigenvalue weighted by Gasteiger charge is -2.38. The highest BCUT2D eigenvalue weighted by Crippen LogP contribution is 2.24. The van der Waals surface area contributed by atoms with Gasteiger partial charge in [-0.15, -0.1) is 0 Å². The highest BCUT2D eigenvalue weighted by molar-refractivity contribution is 5.86. The molecule has 0 spiro atoms. The van der Waals surface area contributed by atoms with E-state index in [4.69, 9.17) is 0 Å². The van der Waals surface area contributed by atoms with Crippen molar-refractivity contribution in [3.05, 3.63) is 0 Å². The molecule has 2 unspecified atom stereocenters. The fourth-order valence-electron chi connectivity index (χ4n) is 2.92. The third-order valence-corrected chi connectivity index (χ3v) is 4.01. The number of piperidine rings is 1. The SMILES string of the molecule is CCC1CN(C2CCCCC2=O)CCC1=O. The van der Waals surface area contributed by atoms with Crippen molar-refractivity contribution in [2.75, 3.05) is 13.1 Å². The van der Waals surface area contributed by atoms with E-state index in [1.165, 1.54) is 0 Å². The molecule has 0 aromatic carbocycles. The summed E-state index contributed by atoms with van der Waals surface area (Å²) in [5.74, 6) is 0.959. The molecule has 0 aromatic rings. The van der Waals surface area contributed by atoms with Crippen molar-refractivity contribution in [2.45, 2.75) is 51.5 Å². The predicted molar refractivity (Wildman–Crippen MR) is 62.2 cm³/mol. The molecule has 0 aromatic heterocycles. The Morgan fingerprint density at radius 1 is 1.19 bits per heavy atom. The van der Waals surface area contributed by atoms with Gasteiger partial charge in [0.15, 0.2) is 0 Å². The van der Waals surface area contributed by atoms with Crippen LogP contribution in [0.2, 0.25) is 0 Å². The van der Waals surface area contributed by atoms with Crippen LogP contribution in [-0.2, 0) is 9.59 Å². The van der Waals surface area contributed by atoms with Crippen LogP contribution in [0.1, 0.15) is 45.4 Å². The minimum atomic E-state index is 0.121. The largest absolute Gasteiger partial charge is 0.299 e. The van der Waals surface area contributed by atoms with Crippen LogP contribution < -0.4 is 0 Å². The van der Waals surface area contributed by atoms with Gasteiger partial charge in [-0.1, -0.05) is 13.3 Å². The van der Waals surface area contributed by atoms with Crippen LogP contribution in [0, 0.1) is 5.92 Å². The maximum absolute atomic E-state index is 11.8. The molecule has 3 heteroatoms. The van der Waals surface area contributed by atoms with Gasteiger partial charge < -0.3 is 0 Å². The summed E-state index contributed by atoms with van der Waals surface area (Å²) >= 11 is 0. The minimum Gasteiger partial charge on any atom is -0.299 e. The Morgan fingerprint density at radius 2 is 2.00 bits per heavy atom. The Kier molecular flexibility index (Phi) is 3.74. The van der Waals surface area contributed by atoms with Gasteiger partial charge in [0.2, 0.25) is 0 Å². The van der Waals surface area contributed by atoms with Crippen molar-refractivity contribution in [1.29, 1.82) is 0 Å². The van der Waals surface area contributed by atoms with E-state index >= 15 is 0 Å². The average molecular weight is 223 g/mol. The zero-order valence-corrected chi connectivity index (χ0v) is 10.1. The third kappa shape index (κ3) is 2.34. The molecule has 2 rings (SSSR count). The fourth-order valence-corrected chi connectivity index (χ4v) is 2.92. The summed E-state index contributed by atoms with van der Waals surface area (Å²) in [5, 5.41) is 0. The zero-order chi connectivity index (χ0) is 11.5. The summed E-state index contributed by atoms with van der Waals surface area (Å²) in [6.07, 6.45) is 5.52. The van der Waals surface area contributed by atoms with Gasteiger partial charge in [0.25, 0.3) is 0 Å². The van der Waals surface area contributed by atoms with E-state index in [0.29, 0.717) is 18.0 Å². The maximum Gasteiger partial charge on any atom is 0.149 e. The number of carbonyl (C=O) groups excluding carboxylic acids is 2. The molecule has 2 fully saturated rings. The molecule has 3 nitrogen and oxygen atoms in total. The molecule has 1 heterocycles. The van der Waals surface area contributed by atoms with E-state index in [9.17, 15) is 9.59 Å². The number of hydrogen-bond donors (Lipinski definition) is 0. The van der Waals surface area contributed by atoms with E-state index < -0.39 is 0 Å². The average Bonchev–Trinajstić information content (AvgIpc) is 2.31. The maximum atomic E-state index is 11.8. The molecule has 0 bridgehead atoms. The second-order valence-corrected chi connectivity index (χ2v) is 5.04. The number of carbonyl (C=O) groups is 2. The number of Topliss-reactive ketones (excluding diaryl/α,β-unsaturated/α-hetero) is 2. The second-order valence-electron chi connectivity index (χ2n) is 5.04. The quantitative estimate of drug-likeness (QED) is 0.716. The summed E-state index contributed by atoms with van der Waals surface area (Å²) in [6, 6.07) is 0.121. The molecule has 90 valence electrons. The number of hydrogen-bond acceptors (Lipinski definition) is 3. The molecule has 2 atom stereocenters. The molecular weight excluding hydrogens is 202 g/mol. The van der Waals surface area contributed by atoms with Crippen LogP contribution in [0.15, 0.2) is 0 Å². The highest BCUT2D eigenvalue weighted by atomic mass is 16.1. The van der Waals surface area contributed by atoms with Crippen LogP contribution in [0.5, 0.6) is 0 Å². The first-order chi connectivity index (χ1) is 7.72. The molecular formula is C13H21NO2. The Balaban J connectivity index is 1.99. The summed E-state index contributed by atoms with van der Waals surface area (Å²) < 4.78 is 0. The standard InChI is InChI=1S/C13H21NO2/c1-2-10-9-14(8-7-12(10)15)11-5-3-4-6-13(11)16/h10-11H,2-9H2,1H3. The van der Waals surface area contributed by atoms with Crippen LogP contribution in [0.4, 0.5) is 0 Å². The third-order valence-electron chi connectivity index (χ3n) is 4.01. The minimum absolute atomic E-state index is 0.121. The Labute approximate surface area is 97.2 Å². The Bertz CT molecular complexity index is 288.